The number of carboxylic acids is 1. The number of nitrogens with zero attached hydrogens (tertiary/aromatic N) is 1. The molecular weight excluding hydrogens is 550 g/mol. The van der Waals surface area contributed by atoms with E-state index in [2.05, 4.69) is 20.9 Å². The number of ketones is 1. The molecule has 4 atom stereocenters. The molecule has 2 N–H and O–H groups in total. The zero-order valence-electron chi connectivity index (χ0n) is 20.0. The number of ether oxygens (including phenoxy) is 2. The number of hydrogen-bond donors (Lipinski definition) is 2. The largest absolute Gasteiger partial charge is 0.487 e. The van der Waals surface area contributed by atoms with Crippen LogP contribution in [0.5, 0.6) is 11.5 Å². The second-order valence-corrected chi connectivity index (χ2v) is 10.3. The Morgan fingerprint density at radius 1 is 1.00 bits per heavy atom. The summed E-state index contributed by atoms with van der Waals surface area (Å²) in [4.78, 5) is 30.9. The number of aliphatic hydroxyl groups is 1. The highest BCUT2D eigenvalue weighted by Crippen LogP contribution is 2.66. The smallest absolute Gasteiger partial charge is 0.314 e. The van der Waals surface area contributed by atoms with Crippen LogP contribution in [-0.2, 0) is 27.4 Å². The summed E-state index contributed by atoms with van der Waals surface area (Å²) in [5, 5.41) is 22.5. The van der Waals surface area contributed by atoms with E-state index in [1.165, 1.54) is 6.20 Å². The summed E-state index contributed by atoms with van der Waals surface area (Å²) in [5.41, 5.74) is -2.18. The number of carbonyl (C=O) groups excluding carboxylic acids is 1. The Morgan fingerprint density at radius 3 is 2.32 bits per heavy atom. The first-order valence-electron chi connectivity index (χ1n) is 12.0. The first-order valence-corrected chi connectivity index (χ1v) is 12.8. The molecule has 4 unspecified atom stereocenters. The van der Waals surface area contributed by atoms with Crippen molar-refractivity contribution in [2.45, 2.75) is 23.7 Å². The molecule has 0 radical (unpaired) electrons. The Balaban J connectivity index is 1.52. The second-order valence-electron chi connectivity index (χ2n) is 9.42. The molecule has 1 fully saturated rings. The van der Waals surface area contributed by atoms with E-state index in [1.807, 2.05) is 30.3 Å². The van der Waals surface area contributed by atoms with Crippen LogP contribution in [0.4, 0.5) is 0 Å². The summed E-state index contributed by atoms with van der Waals surface area (Å²) in [5.74, 6) is -4.25. The number of rotatable bonds is 6. The number of carbonyl (C=O) groups is 2. The fourth-order valence-corrected chi connectivity index (χ4v) is 5.97. The van der Waals surface area contributed by atoms with Crippen LogP contribution < -0.4 is 9.47 Å². The van der Waals surface area contributed by atoms with Gasteiger partial charge in [-0.25, -0.2) is 4.98 Å². The number of fused-ring (bicyclic) bond motifs is 3. The molecule has 1 aromatic heterocycles. The Morgan fingerprint density at radius 2 is 1.66 bits per heavy atom. The summed E-state index contributed by atoms with van der Waals surface area (Å²) in [7, 11) is 0. The van der Waals surface area contributed by atoms with Crippen LogP contribution in [0.25, 0.3) is 0 Å². The molecule has 2 heterocycles. The molecule has 0 spiro atoms. The second kappa shape index (κ2) is 9.08. The summed E-state index contributed by atoms with van der Waals surface area (Å²) in [6.45, 7) is 0.288. The lowest BCUT2D eigenvalue weighted by Gasteiger charge is -2.38. The van der Waals surface area contributed by atoms with Gasteiger partial charge in [-0.2, -0.15) is 0 Å². The number of benzene rings is 3. The maximum absolute atomic E-state index is 13.9. The van der Waals surface area contributed by atoms with Gasteiger partial charge in [-0.15, -0.1) is 0 Å². The maximum Gasteiger partial charge on any atom is 0.314 e. The standard InChI is InChI=1S/C30H22BrNO6/c31-21-13-11-20(12-14-21)30-25(19-9-5-2-6-10-19)24(28(34)35)27(33)29(30,36)26-23(38-30)15-22(16-32-26)37-17-18-7-3-1-4-8-18/h1-16,24-25,36H,17H2,(H,34,35). The minimum atomic E-state index is -2.35. The van der Waals surface area contributed by atoms with Gasteiger partial charge in [0.25, 0.3) is 0 Å². The third-order valence-corrected chi connectivity index (χ3v) is 7.86. The van der Waals surface area contributed by atoms with Crippen LogP contribution in [0.1, 0.15) is 28.3 Å². The van der Waals surface area contributed by atoms with Crippen molar-refractivity contribution in [3.8, 4) is 11.5 Å². The number of aromatic nitrogens is 1. The van der Waals surface area contributed by atoms with Crippen LogP contribution >= 0.6 is 15.9 Å². The molecule has 4 aromatic rings. The van der Waals surface area contributed by atoms with Crippen molar-refractivity contribution in [2.24, 2.45) is 5.92 Å². The Labute approximate surface area is 226 Å². The maximum atomic E-state index is 13.9. The topological polar surface area (TPSA) is 106 Å². The molecule has 190 valence electrons. The fraction of sp³-hybridized carbons (Fsp3) is 0.167. The van der Waals surface area contributed by atoms with Crippen LogP contribution in [-0.4, -0.2) is 26.9 Å². The number of pyridine rings is 1. The predicted molar refractivity (Wildman–Crippen MR) is 141 cm³/mol. The van der Waals surface area contributed by atoms with Gasteiger partial charge < -0.3 is 19.7 Å². The van der Waals surface area contributed by atoms with Crippen molar-refractivity contribution in [3.05, 3.63) is 124 Å². The lowest BCUT2D eigenvalue weighted by atomic mass is 9.71. The van der Waals surface area contributed by atoms with E-state index >= 15 is 0 Å². The first-order chi connectivity index (χ1) is 18.4. The van der Waals surface area contributed by atoms with Crippen molar-refractivity contribution in [1.82, 2.24) is 4.98 Å². The minimum Gasteiger partial charge on any atom is -0.487 e. The summed E-state index contributed by atoms with van der Waals surface area (Å²) < 4.78 is 13.3. The molecule has 1 aliphatic carbocycles. The van der Waals surface area contributed by atoms with Gasteiger partial charge in [0.2, 0.25) is 5.60 Å². The van der Waals surface area contributed by atoms with Crippen molar-refractivity contribution in [2.75, 3.05) is 0 Å². The molecular formula is C30H22BrNO6. The third kappa shape index (κ3) is 3.48. The third-order valence-electron chi connectivity index (χ3n) is 7.34. The molecule has 0 saturated heterocycles. The Bertz CT molecular complexity index is 1530. The molecule has 6 rings (SSSR count). The average Bonchev–Trinajstić information content (AvgIpc) is 3.31. The molecule has 2 aliphatic rings. The van der Waals surface area contributed by atoms with Crippen LogP contribution in [0.3, 0.4) is 0 Å². The Hall–Kier alpha value is -4.01. The zero-order valence-corrected chi connectivity index (χ0v) is 21.5. The summed E-state index contributed by atoms with van der Waals surface area (Å²) >= 11 is 3.43. The lowest BCUT2D eigenvalue weighted by molar-refractivity contribution is -0.154. The SMILES string of the molecule is O=C(O)C1C(=O)C2(O)c3ncc(OCc4ccccc4)cc3OC2(c2ccc(Br)cc2)C1c1ccccc1. The van der Waals surface area contributed by atoms with E-state index < -0.39 is 34.8 Å². The fourth-order valence-electron chi connectivity index (χ4n) is 5.71. The van der Waals surface area contributed by atoms with Gasteiger partial charge in [0.05, 0.1) is 12.1 Å². The zero-order chi connectivity index (χ0) is 26.5. The monoisotopic (exact) mass is 571 g/mol. The van der Waals surface area contributed by atoms with E-state index in [0.717, 1.165) is 10.0 Å². The molecule has 7 nitrogen and oxygen atoms in total. The molecule has 1 saturated carbocycles. The number of hydrogen-bond acceptors (Lipinski definition) is 6. The van der Waals surface area contributed by atoms with E-state index in [-0.39, 0.29) is 18.1 Å². The van der Waals surface area contributed by atoms with Crippen molar-refractivity contribution in [1.29, 1.82) is 0 Å². The van der Waals surface area contributed by atoms with Crippen molar-refractivity contribution < 1.29 is 29.3 Å². The summed E-state index contributed by atoms with van der Waals surface area (Å²) in [6.07, 6.45) is 1.42. The molecule has 0 amide bonds. The predicted octanol–water partition coefficient (Wildman–Crippen LogP) is 4.97. The van der Waals surface area contributed by atoms with E-state index in [1.54, 1.807) is 60.7 Å². The lowest BCUT2D eigenvalue weighted by Crippen LogP contribution is -2.51. The summed E-state index contributed by atoms with van der Waals surface area (Å²) in [6, 6.07) is 27.0. The number of aliphatic carboxylic acids is 1. The number of Topliss-reactive ketones (excluding diaryl/α,β-unsaturated/α-hetero) is 1. The van der Waals surface area contributed by atoms with Crippen molar-refractivity contribution >= 4 is 27.7 Å². The van der Waals surface area contributed by atoms with Gasteiger partial charge >= 0.3 is 5.97 Å². The van der Waals surface area contributed by atoms with E-state index in [0.29, 0.717) is 16.9 Å². The highest BCUT2D eigenvalue weighted by molar-refractivity contribution is 9.10. The van der Waals surface area contributed by atoms with Gasteiger partial charge in [-0.1, -0.05) is 88.7 Å². The quantitative estimate of drug-likeness (QED) is 0.315. The van der Waals surface area contributed by atoms with Crippen LogP contribution in [0.2, 0.25) is 0 Å². The highest BCUT2D eigenvalue weighted by Gasteiger charge is 2.78. The van der Waals surface area contributed by atoms with Gasteiger partial charge in [-0.3, -0.25) is 9.59 Å². The number of halogens is 1. The van der Waals surface area contributed by atoms with E-state index in [9.17, 15) is 19.8 Å². The van der Waals surface area contributed by atoms with E-state index in [4.69, 9.17) is 9.47 Å². The average molecular weight is 572 g/mol. The normalized spacial score (nSPS) is 25.4. The van der Waals surface area contributed by atoms with Gasteiger partial charge in [0.15, 0.2) is 11.4 Å². The first kappa shape index (κ1) is 24.3. The molecule has 3 aromatic carbocycles. The van der Waals surface area contributed by atoms with Gasteiger partial charge in [0.1, 0.15) is 29.7 Å². The molecule has 38 heavy (non-hydrogen) atoms. The molecule has 1 aliphatic heterocycles. The van der Waals surface area contributed by atoms with Gasteiger partial charge in [0, 0.05) is 10.5 Å². The van der Waals surface area contributed by atoms with Gasteiger partial charge in [-0.05, 0) is 28.8 Å². The Kier molecular flexibility index (Phi) is 5.81. The molecule has 0 bridgehead atoms. The van der Waals surface area contributed by atoms with Crippen LogP contribution in [0.15, 0.2) is 102 Å². The highest BCUT2D eigenvalue weighted by atomic mass is 79.9. The minimum absolute atomic E-state index is 0.0258. The van der Waals surface area contributed by atoms with Crippen molar-refractivity contribution in [3.63, 3.8) is 0 Å². The number of carboxylic acid groups (broad SMARTS) is 1. The molecule has 8 heteroatoms. The van der Waals surface area contributed by atoms with Crippen LogP contribution in [0, 0.1) is 5.92 Å².